The number of halogens is 1. The lowest BCUT2D eigenvalue weighted by Gasteiger charge is -2.31. The minimum absolute atomic E-state index is 0.0716. The van der Waals surface area contributed by atoms with Crippen molar-refractivity contribution in [2.45, 2.75) is 24.2 Å². The summed E-state index contributed by atoms with van der Waals surface area (Å²) in [5.41, 5.74) is 0.745. The number of hydrogen-bond acceptors (Lipinski definition) is 5. The molecule has 2 N–H and O–H groups in total. The molecule has 178 valence electrons. The van der Waals surface area contributed by atoms with Crippen molar-refractivity contribution < 1.29 is 22.7 Å². The van der Waals surface area contributed by atoms with E-state index < -0.39 is 15.9 Å². The highest BCUT2D eigenvalue weighted by Gasteiger charge is 2.33. The Morgan fingerprint density at radius 2 is 1.88 bits per heavy atom. The minimum Gasteiger partial charge on any atom is -0.385 e. The third-order valence-corrected chi connectivity index (χ3v) is 7.58. The van der Waals surface area contributed by atoms with Crippen LogP contribution in [0.2, 0.25) is 5.02 Å². The number of methoxy groups -OCH3 is 1. The Kier molecular flexibility index (Phi) is 8.85. The second-order valence-corrected chi connectivity index (χ2v) is 10.2. The molecule has 0 bridgehead atoms. The number of ether oxygens (including phenoxy) is 1. The van der Waals surface area contributed by atoms with Gasteiger partial charge in [0.1, 0.15) is 0 Å². The quantitative estimate of drug-likeness (QED) is 0.522. The van der Waals surface area contributed by atoms with Gasteiger partial charge in [-0.2, -0.15) is 4.31 Å². The lowest BCUT2D eigenvalue weighted by atomic mass is 9.98. The maximum Gasteiger partial charge on any atom is 0.253 e. The molecular formula is C23H28ClN3O5S. The summed E-state index contributed by atoms with van der Waals surface area (Å²) in [6, 6.07) is 12.7. The fourth-order valence-electron chi connectivity index (χ4n) is 3.67. The van der Waals surface area contributed by atoms with E-state index in [9.17, 15) is 18.0 Å². The summed E-state index contributed by atoms with van der Waals surface area (Å²) >= 11 is 5.87. The molecule has 0 aliphatic carbocycles. The number of nitrogens with one attached hydrogen (secondary N) is 2. The molecule has 0 radical (unpaired) electrons. The molecular weight excluding hydrogens is 466 g/mol. The highest BCUT2D eigenvalue weighted by molar-refractivity contribution is 7.89. The fourth-order valence-corrected chi connectivity index (χ4v) is 5.32. The third kappa shape index (κ3) is 6.54. The van der Waals surface area contributed by atoms with E-state index in [-0.39, 0.29) is 23.3 Å². The summed E-state index contributed by atoms with van der Waals surface area (Å²) in [5, 5.41) is 6.08. The van der Waals surface area contributed by atoms with Crippen molar-refractivity contribution in [3.63, 3.8) is 0 Å². The van der Waals surface area contributed by atoms with Crippen molar-refractivity contribution in [2.24, 2.45) is 5.92 Å². The predicted molar refractivity (Wildman–Crippen MR) is 127 cm³/mol. The Morgan fingerprint density at radius 3 is 2.61 bits per heavy atom. The van der Waals surface area contributed by atoms with Crippen molar-refractivity contribution in [3.8, 4) is 0 Å². The highest BCUT2D eigenvalue weighted by atomic mass is 35.5. The predicted octanol–water partition coefficient (Wildman–Crippen LogP) is 3.15. The average molecular weight is 494 g/mol. The van der Waals surface area contributed by atoms with Crippen molar-refractivity contribution in [3.05, 3.63) is 59.1 Å². The second kappa shape index (κ2) is 11.6. The normalized spacial score (nSPS) is 16.8. The molecule has 1 heterocycles. The van der Waals surface area contributed by atoms with Crippen LogP contribution in [0, 0.1) is 5.92 Å². The first-order valence-corrected chi connectivity index (χ1v) is 12.6. The molecule has 1 aliphatic rings. The Hall–Kier alpha value is -2.46. The summed E-state index contributed by atoms with van der Waals surface area (Å²) < 4.78 is 32.3. The molecule has 1 fully saturated rings. The average Bonchev–Trinajstić information content (AvgIpc) is 2.82. The number of sulfonamides is 1. The minimum atomic E-state index is -3.73. The zero-order chi connectivity index (χ0) is 23.8. The van der Waals surface area contributed by atoms with Gasteiger partial charge in [-0.15, -0.1) is 0 Å². The number of benzene rings is 2. The molecule has 10 heteroatoms. The first kappa shape index (κ1) is 25.2. The van der Waals surface area contributed by atoms with Crippen LogP contribution in [0.3, 0.4) is 0 Å². The van der Waals surface area contributed by atoms with Crippen LogP contribution < -0.4 is 10.6 Å². The molecule has 1 atom stereocenters. The zero-order valence-electron chi connectivity index (χ0n) is 18.4. The summed E-state index contributed by atoms with van der Waals surface area (Å²) in [6.45, 7) is 1.41. The molecule has 1 saturated heterocycles. The molecule has 1 unspecified atom stereocenters. The van der Waals surface area contributed by atoms with E-state index in [1.165, 1.54) is 28.6 Å². The monoisotopic (exact) mass is 493 g/mol. The van der Waals surface area contributed by atoms with Gasteiger partial charge in [-0.3, -0.25) is 9.59 Å². The van der Waals surface area contributed by atoms with Crippen molar-refractivity contribution in [1.82, 2.24) is 9.62 Å². The van der Waals surface area contributed by atoms with Crippen molar-refractivity contribution >= 4 is 39.1 Å². The lowest BCUT2D eigenvalue weighted by Crippen LogP contribution is -2.43. The van der Waals surface area contributed by atoms with Gasteiger partial charge in [-0.05, 0) is 55.7 Å². The Bertz CT molecular complexity index is 1080. The molecule has 0 saturated carbocycles. The number of amides is 2. The molecule has 2 amide bonds. The van der Waals surface area contributed by atoms with Crippen molar-refractivity contribution in [1.29, 1.82) is 0 Å². The van der Waals surface area contributed by atoms with Crippen LogP contribution >= 0.6 is 11.6 Å². The second-order valence-electron chi connectivity index (χ2n) is 7.79. The van der Waals surface area contributed by atoms with Crippen LogP contribution in [0.15, 0.2) is 53.4 Å². The van der Waals surface area contributed by atoms with Crippen molar-refractivity contribution in [2.75, 3.05) is 38.7 Å². The third-order valence-electron chi connectivity index (χ3n) is 5.45. The fraction of sp³-hybridized carbons (Fsp3) is 0.391. The molecule has 0 aromatic heterocycles. The lowest BCUT2D eigenvalue weighted by molar-refractivity contribution is -0.120. The van der Waals surface area contributed by atoms with E-state index in [0.717, 1.165) is 0 Å². The molecule has 2 aromatic carbocycles. The zero-order valence-corrected chi connectivity index (χ0v) is 20.0. The van der Waals surface area contributed by atoms with Gasteiger partial charge < -0.3 is 15.4 Å². The van der Waals surface area contributed by atoms with Gasteiger partial charge in [0.25, 0.3) is 5.91 Å². The largest absolute Gasteiger partial charge is 0.385 e. The number of hydrogen-bond donors (Lipinski definition) is 2. The molecule has 8 nitrogen and oxygen atoms in total. The van der Waals surface area contributed by atoms with E-state index in [1.54, 1.807) is 31.4 Å². The molecule has 33 heavy (non-hydrogen) atoms. The summed E-state index contributed by atoms with van der Waals surface area (Å²) in [7, 11) is -2.14. The standard InChI is InChI=1S/C23H28ClN3O5S/c1-32-15-5-13-25-23(29)20-7-2-3-8-21(20)26-22(28)17-6-4-14-27(16-17)33(30,31)19-11-9-18(24)10-12-19/h2-3,7-12,17H,4-6,13-16H2,1H3,(H,25,29)(H,26,28). The number of piperidine rings is 1. The molecule has 0 spiro atoms. The van der Waals surface area contributed by atoms with E-state index in [1.807, 2.05) is 0 Å². The van der Waals surface area contributed by atoms with Gasteiger partial charge in [0, 0.05) is 38.4 Å². The number of para-hydroxylation sites is 1. The summed E-state index contributed by atoms with van der Waals surface area (Å²) in [4.78, 5) is 25.7. The first-order valence-electron chi connectivity index (χ1n) is 10.8. The van der Waals surface area contributed by atoms with Gasteiger partial charge in [0.15, 0.2) is 0 Å². The Balaban J connectivity index is 1.67. The van der Waals surface area contributed by atoms with Crippen LogP contribution in [0.4, 0.5) is 5.69 Å². The van der Waals surface area contributed by atoms with Crippen LogP contribution in [0.25, 0.3) is 0 Å². The maximum atomic E-state index is 13.0. The van der Waals surface area contributed by atoms with Gasteiger partial charge in [-0.1, -0.05) is 23.7 Å². The van der Waals surface area contributed by atoms with E-state index in [2.05, 4.69) is 10.6 Å². The number of carbonyl (C=O) groups is 2. The number of rotatable bonds is 9. The summed E-state index contributed by atoms with van der Waals surface area (Å²) in [5.74, 6) is -1.14. The SMILES string of the molecule is COCCCNC(=O)c1ccccc1NC(=O)C1CCCN(S(=O)(=O)c2ccc(Cl)cc2)C1. The van der Waals surface area contributed by atoms with Crippen LogP contribution in [0.5, 0.6) is 0 Å². The van der Waals surface area contributed by atoms with Gasteiger partial charge in [0.05, 0.1) is 22.1 Å². The number of carbonyl (C=O) groups excluding carboxylic acids is 2. The van der Waals surface area contributed by atoms with Gasteiger partial charge in [-0.25, -0.2) is 8.42 Å². The first-order chi connectivity index (χ1) is 15.8. The smallest absolute Gasteiger partial charge is 0.253 e. The van der Waals surface area contributed by atoms with E-state index in [4.69, 9.17) is 16.3 Å². The number of anilines is 1. The topological polar surface area (TPSA) is 105 Å². The number of nitrogens with zero attached hydrogens (tertiary/aromatic N) is 1. The molecule has 1 aliphatic heterocycles. The highest BCUT2D eigenvalue weighted by Crippen LogP contribution is 2.26. The van der Waals surface area contributed by atoms with Crippen LogP contribution in [-0.2, 0) is 19.6 Å². The summed E-state index contributed by atoms with van der Waals surface area (Å²) in [6.07, 6.45) is 1.80. The Labute approximate surface area is 199 Å². The van der Waals surface area contributed by atoms with Crippen LogP contribution in [0.1, 0.15) is 29.6 Å². The molecule has 3 rings (SSSR count). The Morgan fingerprint density at radius 1 is 1.15 bits per heavy atom. The van der Waals surface area contributed by atoms with E-state index >= 15 is 0 Å². The maximum absolute atomic E-state index is 13.0. The van der Waals surface area contributed by atoms with Crippen LogP contribution in [-0.4, -0.2) is 57.9 Å². The van der Waals surface area contributed by atoms with E-state index in [0.29, 0.717) is 55.2 Å². The van der Waals surface area contributed by atoms with Gasteiger partial charge >= 0.3 is 0 Å². The molecule has 2 aromatic rings. The van der Waals surface area contributed by atoms with Gasteiger partial charge in [0.2, 0.25) is 15.9 Å².